The van der Waals surface area contributed by atoms with E-state index in [0.717, 1.165) is 36.8 Å². The molecule has 0 saturated carbocycles. The van der Waals surface area contributed by atoms with Gasteiger partial charge in [0.25, 0.3) is 0 Å². The van der Waals surface area contributed by atoms with E-state index in [4.69, 9.17) is 19.9 Å². The molecule has 10 nitrogen and oxygen atoms in total. The van der Waals surface area contributed by atoms with Crippen molar-refractivity contribution in [2.24, 2.45) is 5.73 Å². The van der Waals surface area contributed by atoms with Gasteiger partial charge < -0.3 is 19.9 Å². The van der Waals surface area contributed by atoms with Crippen molar-refractivity contribution >= 4 is 34.9 Å². The molecule has 0 fully saturated rings. The second kappa shape index (κ2) is 13.3. The van der Waals surface area contributed by atoms with E-state index in [1.54, 1.807) is 84.9 Å². The van der Waals surface area contributed by atoms with Crippen LogP contribution in [0.4, 0.5) is 20.2 Å². The number of aryl methyl sites for hydroxylation is 1. The van der Waals surface area contributed by atoms with Crippen molar-refractivity contribution < 1.29 is 28.6 Å². The monoisotopic (exact) mass is 578 g/mol. The fraction of sp³-hybridized carbons (Fsp3) is 0.152. The molecule has 2 aromatic heterocycles. The molecule has 5 aromatic rings. The van der Waals surface area contributed by atoms with Gasteiger partial charge in [0, 0.05) is 23.3 Å². The number of nitrogens with two attached hydrogens (primary N) is 1. The third-order valence-electron chi connectivity index (χ3n) is 6.55. The van der Waals surface area contributed by atoms with Gasteiger partial charge in [0.15, 0.2) is 5.82 Å². The van der Waals surface area contributed by atoms with Gasteiger partial charge in [-0.1, -0.05) is 56.2 Å². The lowest BCUT2D eigenvalue weighted by Crippen LogP contribution is -2.41. The van der Waals surface area contributed by atoms with Crippen LogP contribution in [0.25, 0.3) is 10.9 Å². The van der Waals surface area contributed by atoms with E-state index in [2.05, 4.69) is 11.9 Å². The molecule has 0 aliphatic heterocycles. The molecular weight excluding hydrogens is 548 g/mol. The van der Waals surface area contributed by atoms with Crippen molar-refractivity contribution in [3.8, 4) is 23.0 Å². The molecule has 0 radical (unpaired) electrons. The highest BCUT2D eigenvalue weighted by Gasteiger charge is 2.29. The zero-order valence-electron chi connectivity index (χ0n) is 23.5. The van der Waals surface area contributed by atoms with Gasteiger partial charge in [-0.15, -0.1) is 0 Å². The standard InChI is InChI=1S/C33H30N4O6/c1-2-3-6-11-24-20-23-21-27(16-17-29(23)36(24)31(34)38)41-28-18-19-35-30(22-28)37(32(39)42-25-12-7-4-8-13-25)33(40)43-26-14-9-5-10-15-26/h4-5,7-10,12-22H,2-3,6,11H2,1H3,(H2,34,38). The average molecular weight is 579 g/mol. The number of nitrogens with zero attached hydrogens (tertiary/aromatic N) is 3. The summed E-state index contributed by atoms with van der Waals surface area (Å²) < 4.78 is 18.5. The summed E-state index contributed by atoms with van der Waals surface area (Å²) in [6, 6.07) is 26.4. The van der Waals surface area contributed by atoms with E-state index >= 15 is 0 Å². The van der Waals surface area contributed by atoms with Crippen LogP contribution in [0.1, 0.15) is 31.9 Å². The first-order chi connectivity index (χ1) is 20.9. The summed E-state index contributed by atoms with van der Waals surface area (Å²) >= 11 is 0. The zero-order valence-corrected chi connectivity index (χ0v) is 23.5. The van der Waals surface area contributed by atoms with Gasteiger partial charge in [-0.25, -0.2) is 19.4 Å². The lowest BCUT2D eigenvalue weighted by Gasteiger charge is -2.19. The number of carbonyl (C=O) groups excluding carboxylic acids is 3. The maximum atomic E-state index is 13.2. The summed E-state index contributed by atoms with van der Waals surface area (Å²) in [5.74, 6) is 1.17. The molecule has 0 bridgehead atoms. The maximum absolute atomic E-state index is 13.2. The molecule has 5 rings (SSSR count). The SMILES string of the molecule is CCCCCc1cc2cc(Oc3ccnc(N(C(=O)Oc4ccccc4)C(=O)Oc4ccccc4)c3)ccc2n1C(N)=O. The summed E-state index contributed by atoms with van der Waals surface area (Å²) in [5, 5.41) is 0.789. The van der Waals surface area contributed by atoms with Crippen LogP contribution in [0.2, 0.25) is 0 Å². The van der Waals surface area contributed by atoms with E-state index in [1.807, 2.05) is 6.07 Å². The highest BCUT2D eigenvalue weighted by atomic mass is 16.6. The molecule has 2 N–H and O–H groups in total. The highest BCUT2D eigenvalue weighted by Crippen LogP contribution is 2.30. The Morgan fingerprint density at radius 3 is 2.00 bits per heavy atom. The van der Waals surface area contributed by atoms with Crippen LogP contribution in [-0.4, -0.2) is 27.8 Å². The molecule has 3 aromatic carbocycles. The van der Waals surface area contributed by atoms with Crippen LogP contribution < -0.4 is 24.8 Å². The van der Waals surface area contributed by atoms with Crippen LogP contribution in [0, 0.1) is 0 Å². The quantitative estimate of drug-likeness (QED) is 0.178. The van der Waals surface area contributed by atoms with Crippen LogP contribution in [0.5, 0.6) is 23.0 Å². The number of benzene rings is 3. The Hall–Kier alpha value is -5.64. The first-order valence-corrected chi connectivity index (χ1v) is 13.8. The molecular formula is C33H30N4O6. The molecule has 0 spiro atoms. The number of para-hydroxylation sites is 2. The van der Waals surface area contributed by atoms with E-state index in [1.165, 1.54) is 16.8 Å². The second-order valence-electron chi connectivity index (χ2n) is 9.64. The second-order valence-corrected chi connectivity index (χ2v) is 9.64. The van der Waals surface area contributed by atoms with Gasteiger partial charge in [-0.2, -0.15) is 4.90 Å². The minimum absolute atomic E-state index is 0.0708. The number of imide groups is 1. The normalized spacial score (nSPS) is 10.7. The Bertz CT molecular complexity index is 1680. The molecule has 0 atom stereocenters. The zero-order chi connectivity index (χ0) is 30.2. The van der Waals surface area contributed by atoms with Crippen molar-refractivity contribution in [1.82, 2.24) is 9.55 Å². The summed E-state index contributed by atoms with van der Waals surface area (Å²) in [6.45, 7) is 2.12. The topological polar surface area (TPSA) is 126 Å². The van der Waals surface area contributed by atoms with Gasteiger partial charge in [0.1, 0.15) is 23.0 Å². The molecule has 0 aliphatic carbocycles. The number of aromatic nitrogens is 2. The number of primary amides is 1. The Morgan fingerprint density at radius 2 is 1.40 bits per heavy atom. The number of hydrogen-bond acceptors (Lipinski definition) is 7. The van der Waals surface area contributed by atoms with Gasteiger partial charge in [-0.05, 0) is 67.4 Å². The maximum Gasteiger partial charge on any atom is 0.430 e. The van der Waals surface area contributed by atoms with Crippen molar-refractivity contribution in [1.29, 1.82) is 0 Å². The predicted octanol–water partition coefficient (Wildman–Crippen LogP) is 7.69. The van der Waals surface area contributed by atoms with E-state index in [0.29, 0.717) is 21.9 Å². The van der Waals surface area contributed by atoms with Crippen LogP contribution in [0.15, 0.2) is 103 Å². The Morgan fingerprint density at radius 1 is 0.767 bits per heavy atom. The minimum Gasteiger partial charge on any atom is -0.457 e. The molecule has 3 amide bonds. The Balaban J connectivity index is 1.42. The Labute approximate surface area is 248 Å². The van der Waals surface area contributed by atoms with Crippen molar-refractivity contribution in [3.05, 3.63) is 109 Å². The van der Waals surface area contributed by atoms with E-state index in [9.17, 15) is 14.4 Å². The first kappa shape index (κ1) is 28.9. The van der Waals surface area contributed by atoms with Crippen LogP contribution in [-0.2, 0) is 6.42 Å². The van der Waals surface area contributed by atoms with E-state index < -0.39 is 18.2 Å². The van der Waals surface area contributed by atoms with Crippen molar-refractivity contribution in [2.45, 2.75) is 32.6 Å². The molecule has 0 unspecified atom stereocenters. The van der Waals surface area contributed by atoms with Gasteiger partial charge in [-0.3, -0.25) is 4.57 Å². The van der Waals surface area contributed by atoms with Crippen LogP contribution >= 0.6 is 0 Å². The number of rotatable bonds is 9. The number of amides is 3. The van der Waals surface area contributed by atoms with Gasteiger partial charge >= 0.3 is 18.2 Å². The molecule has 2 heterocycles. The summed E-state index contributed by atoms with van der Waals surface area (Å²) in [5.41, 5.74) is 7.21. The lowest BCUT2D eigenvalue weighted by molar-refractivity contribution is 0.190. The number of pyridine rings is 1. The highest BCUT2D eigenvalue weighted by molar-refractivity contribution is 6.09. The smallest absolute Gasteiger partial charge is 0.430 e. The van der Waals surface area contributed by atoms with Crippen molar-refractivity contribution in [2.75, 3.05) is 4.90 Å². The first-order valence-electron chi connectivity index (χ1n) is 13.8. The third-order valence-corrected chi connectivity index (χ3v) is 6.55. The number of fused-ring (bicyclic) bond motifs is 1. The minimum atomic E-state index is -1.01. The van der Waals surface area contributed by atoms with E-state index in [-0.39, 0.29) is 17.3 Å². The van der Waals surface area contributed by atoms with Crippen LogP contribution in [0.3, 0.4) is 0 Å². The summed E-state index contributed by atoms with van der Waals surface area (Å²) in [6.07, 6.45) is 3.16. The summed E-state index contributed by atoms with van der Waals surface area (Å²) in [7, 11) is 0. The number of hydrogen-bond donors (Lipinski definition) is 1. The number of unbranched alkanes of at least 4 members (excludes halogenated alkanes) is 2. The average Bonchev–Trinajstić information content (AvgIpc) is 3.36. The largest absolute Gasteiger partial charge is 0.457 e. The summed E-state index contributed by atoms with van der Waals surface area (Å²) in [4.78, 5) is 43.6. The molecule has 43 heavy (non-hydrogen) atoms. The molecule has 218 valence electrons. The van der Waals surface area contributed by atoms with Gasteiger partial charge in [0.2, 0.25) is 0 Å². The van der Waals surface area contributed by atoms with Crippen molar-refractivity contribution in [3.63, 3.8) is 0 Å². The molecule has 10 heteroatoms. The molecule has 0 aliphatic rings. The lowest BCUT2D eigenvalue weighted by atomic mass is 10.1. The number of anilines is 1. The molecule has 0 saturated heterocycles. The number of ether oxygens (including phenoxy) is 3. The fourth-order valence-corrected chi connectivity index (χ4v) is 4.57. The predicted molar refractivity (Wildman–Crippen MR) is 162 cm³/mol. The number of carbonyl (C=O) groups is 3. The third kappa shape index (κ3) is 6.99. The Kier molecular flexibility index (Phi) is 8.96. The van der Waals surface area contributed by atoms with Gasteiger partial charge in [0.05, 0.1) is 5.52 Å². The fourth-order valence-electron chi connectivity index (χ4n) is 4.57.